The van der Waals surface area contributed by atoms with Crippen LogP contribution in [0.4, 0.5) is 0 Å². The van der Waals surface area contributed by atoms with Gasteiger partial charge in [-0.05, 0) is 13.8 Å². The Balaban J connectivity index is 2.47. The monoisotopic (exact) mass is 283 g/mol. The smallest absolute Gasteiger partial charge is 0.240 e. The summed E-state index contributed by atoms with van der Waals surface area (Å²) in [5.41, 5.74) is 2.57. The molecule has 0 aliphatic carbocycles. The zero-order valence-corrected chi connectivity index (χ0v) is 12.2. The zero-order valence-electron chi connectivity index (χ0n) is 11.4. The number of likely N-dealkylation sites (N-methyl/N-ethyl adjacent to an activating group) is 1. The highest BCUT2D eigenvalue weighted by Gasteiger charge is 2.18. The molecule has 1 N–H and O–H groups in total. The highest BCUT2D eigenvalue weighted by molar-refractivity contribution is 6.17. The van der Waals surface area contributed by atoms with E-state index >= 15 is 0 Å². The van der Waals surface area contributed by atoms with Crippen LogP contribution in [0.3, 0.4) is 0 Å². The van der Waals surface area contributed by atoms with Crippen LogP contribution >= 0.6 is 11.6 Å². The van der Waals surface area contributed by atoms with E-state index in [9.17, 15) is 4.79 Å². The summed E-state index contributed by atoms with van der Waals surface area (Å²) in [6.45, 7) is 4.67. The standard InChI is InChI=1S/C12H18ClN5O/c1-4-14-10(19)7-18-9(5-6-13)15-11-8(2)16-17(3)12(11)18/h4-7H2,1-3H3,(H,14,19). The molecule has 1 amide bonds. The lowest BCUT2D eigenvalue weighted by atomic mass is 10.4. The van der Waals surface area contributed by atoms with Gasteiger partial charge in [0.1, 0.15) is 17.9 Å². The second-order valence-corrected chi connectivity index (χ2v) is 4.77. The highest BCUT2D eigenvalue weighted by atomic mass is 35.5. The Hall–Kier alpha value is -1.56. The molecule has 2 aromatic rings. The third kappa shape index (κ3) is 2.58. The molecular weight excluding hydrogens is 266 g/mol. The van der Waals surface area contributed by atoms with E-state index in [4.69, 9.17) is 11.6 Å². The van der Waals surface area contributed by atoms with E-state index in [0.717, 1.165) is 22.7 Å². The maximum atomic E-state index is 11.8. The van der Waals surface area contributed by atoms with Gasteiger partial charge in [-0.1, -0.05) is 0 Å². The van der Waals surface area contributed by atoms with Crippen LogP contribution in [0.1, 0.15) is 18.4 Å². The summed E-state index contributed by atoms with van der Waals surface area (Å²) in [6.07, 6.45) is 0.634. The molecular formula is C12H18ClN5O. The molecule has 0 bridgehead atoms. The van der Waals surface area contributed by atoms with Gasteiger partial charge in [-0.15, -0.1) is 11.6 Å². The number of carbonyl (C=O) groups is 1. The first kappa shape index (κ1) is 13.9. The van der Waals surface area contributed by atoms with Crippen molar-refractivity contribution in [2.45, 2.75) is 26.8 Å². The number of nitrogens with zero attached hydrogens (tertiary/aromatic N) is 4. The first-order chi connectivity index (χ1) is 9.08. The number of aromatic nitrogens is 4. The van der Waals surface area contributed by atoms with Crippen molar-refractivity contribution in [1.82, 2.24) is 24.6 Å². The van der Waals surface area contributed by atoms with Gasteiger partial charge in [-0.2, -0.15) is 5.10 Å². The maximum absolute atomic E-state index is 11.8. The van der Waals surface area contributed by atoms with Gasteiger partial charge in [-0.3, -0.25) is 9.48 Å². The van der Waals surface area contributed by atoms with Gasteiger partial charge >= 0.3 is 0 Å². The summed E-state index contributed by atoms with van der Waals surface area (Å²) in [5, 5.41) is 7.13. The quantitative estimate of drug-likeness (QED) is 0.833. The van der Waals surface area contributed by atoms with Crippen LogP contribution in [-0.4, -0.2) is 37.7 Å². The van der Waals surface area contributed by atoms with E-state index in [-0.39, 0.29) is 12.5 Å². The molecule has 6 nitrogen and oxygen atoms in total. The molecule has 0 spiro atoms. The number of alkyl halides is 1. The topological polar surface area (TPSA) is 64.7 Å². The highest BCUT2D eigenvalue weighted by Crippen LogP contribution is 2.19. The largest absolute Gasteiger partial charge is 0.355 e. The lowest BCUT2D eigenvalue weighted by Gasteiger charge is -2.08. The number of rotatable bonds is 5. The Morgan fingerprint density at radius 2 is 2.21 bits per heavy atom. The van der Waals surface area contributed by atoms with E-state index in [1.165, 1.54) is 0 Å². The fourth-order valence-electron chi connectivity index (χ4n) is 2.22. The van der Waals surface area contributed by atoms with Crippen LogP contribution in [0.15, 0.2) is 0 Å². The van der Waals surface area contributed by atoms with Crippen molar-refractivity contribution >= 4 is 28.7 Å². The van der Waals surface area contributed by atoms with Crippen LogP contribution in [-0.2, 0) is 24.8 Å². The molecule has 2 rings (SSSR count). The third-order valence-corrected chi connectivity index (χ3v) is 3.15. The predicted octanol–water partition coefficient (Wildman–Crippen LogP) is 0.996. The maximum Gasteiger partial charge on any atom is 0.240 e. The molecule has 0 atom stereocenters. The number of fused-ring (bicyclic) bond motifs is 1. The minimum atomic E-state index is -0.0310. The molecule has 2 heterocycles. The predicted molar refractivity (Wildman–Crippen MR) is 74.3 cm³/mol. The molecule has 7 heteroatoms. The van der Waals surface area contributed by atoms with E-state index < -0.39 is 0 Å². The summed E-state index contributed by atoms with van der Waals surface area (Å²) in [6, 6.07) is 0. The molecule has 0 saturated heterocycles. The number of aryl methyl sites for hydroxylation is 3. The normalized spacial score (nSPS) is 11.2. The van der Waals surface area contributed by atoms with Gasteiger partial charge in [-0.25, -0.2) is 4.98 Å². The van der Waals surface area contributed by atoms with Crippen molar-refractivity contribution in [3.8, 4) is 0 Å². The molecule has 0 aliphatic heterocycles. The summed E-state index contributed by atoms with van der Waals surface area (Å²) in [4.78, 5) is 16.4. The Bertz CT molecular complexity index is 601. The number of hydrogen-bond donors (Lipinski definition) is 1. The molecule has 0 unspecified atom stereocenters. The minimum Gasteiger partial charge on any atom is -0.355 e. The zero-order chi connectivity index (χ0) is 14.0. The first-order valence-corrected chi connectivity index (χ1v) is 6.83. The van der Waals surface area contributed by atoms with Crippen molar-refractivity contribution in [3.05, 3.63) is 11.5 Å². The molecule has 0 saturated carbocycles. The fraction of sp³-hybridized carbons (Fsp3) is 0.583. The van der Waals surface area contributed by atoms with Gasteiger partial charge in [0.2, 0.25) is 5.91 Å². The van der Waals surface area contributed by atoms with Gasteiger partial charge in [0.25, 0.3) is 0 Å². The van der Waals surface area contributed by atoms with Crippen LogP contribution < -0.4 is 5.32 Å². The number of hydrogen-bond acceptors (Lipinski definition) is 3. The van der Waals surface area contributed by atoms with Gasteiger partial charge in [0, 0.05) is 25.9 Å². The van der Waals surface area contributed by atoms with Gasteiger partial charge in [0.15, 0.2) is 5.65 Å². The summed E-state index contributed by atoms with van der Waals surface area (Å²) >= 11 is 5.80. The van der Waals surface area contributed by atoms with Gasteiger partial charge in [0.05, 0.1) is 5.69 Å². The minimum absolute atomic E-state index is 0.0310. The average Bonchev–Trinajstić information content (AvgIpc) is 2.81. The SMILES string of the molecule is CCNC(=O)Cn1c(CCCl)nc2c(C)nn(C)c21. The van der Waals surface area contributed by atoms with Crippen LogP contribution in [0.2, 0.25) is 0 Å². The van der Waals surface area contributed by atoms with Crippen molar-refractivity contribution in [1.29, 1.82) is 0 Å². The van der Waals surface area contributed by atoms with E-state index in [2.05, 4.69) is 15.4 Å². The van der Waals surface area contributed by atoms with Crippen LogP contribution in [0.25, 0.3) is 11.2 Å². The summed E-state index contributed by atoms with van der Waals surface area (Å²) in [5.74, 6) is 1.27. The lowest BCUT2D eigenvalue weighted by Crippen LogP contribution is -2.28. The number of nitrogens with one attached hydrogen (secondary N) is 1. The van der Waals surface area contributed by atoms with Crippen LogP contribution in [0.5, 0.6) is 0 Å². The molecule has 19 heavy (non-hydrogen) atoms. The summed E-state index contributed by atoms with van der Waals surface area (Å²) in [7, 11) is 1.86. The van der Waals surface area contributed by atoms with E-state index in [1.807, 2.05) is 25.5 Å². The number of halogens is 1. The molecule has 2 aromatic heterocycles. The number of amides is 1. The second kappa shape index (κ2) is 5.61. The van der Waals surface area contributed by atoms with Crippen molar-refractivity contribution in [2.75, 3.05) is 12.4 Å². The van der Waals surface area contributed by atoms with Crippen molar-refractivity contribution in [3.63, 3.8) is 0 Å². The number of carbonyl (C=O) groups excluding carboxylic acids is 1. The van der Waals surface area contributed by atoms with E-state index in [0.29, 0.717) is 18.8 Å². The van der Waals surface area contributed by atoms with E-state index in [1.54, 1.807) is 4.68 Å². The van der Waals surface area contributed by atoms with Crippen molar-refractivity contribution < 1.29 is 4.79 Å². The molecule has 104 valence electrons. The molecule has 0 radical (unpaired) electrons. The average molecular weight is 284 g/mol. The van der Waals surface area contributed by atoms with Gasteiger partial charge < -0.3 is 9.88 Å². The van der Waals surface area contributed by atoms with Crippen LogP contribution in [0, 0.1) is 6.92 Å². The first-order valence-electron chi connectivity index (χ1n) is 6.29. The fourth-order valence-corrected chi connectivity index (χ4v) is 2.39. The Labute approximate surface area is 116 Å². The molecule has 0 fully saturated rings. The lowest BCUT2D eigenvalue weighted by molar-refractivity contribution is -0.121. The second-order valence-electron chi connectivity index (χ2n) is 4.39. The van der Waals surface area contributed by atoms with Crippen molar-refractivity contribution in [2.24, 2.45) is 7.05 Å². The Kier molecular flexibility index (Phi) is 4.09. The number of imidazole rings is 1. The Morgan fingerprint density at radius 3 is 2.84 bits per heavy atom. The Morgan fingerprint density at radius 1 is 1.47 bits per heavy atom. The third-order valence-electron chi connectivity index (χ3n) is 2.96. The summed E-state index contributed by atoms with van der Waals surface area (Å²) < 4.78 is 3.65. The molecule has 0 aromatic carbocycles. The molecule has 0 aliphatic rings.